The summed E-state index contributed by atoms with van der Waals surface area (Å²) in [7, 11) is 0. The van der Waals surface area contributed by atoms with Gasteiger partial charge in [-0.25, -0.2) is 4.79 Å². The maximum Gasteiger partial charge on any atom is 0.322 e. The summed E-state index contributed by atoms with van der Waals surface area (Å²) in [5, 5.41) is 3.10. The molecular formula is C19H29N3O3. The number of nitrogens with one attached hydrogen (secondary N) is 1. The lowest BCUT2D eigenvalue weighted by molar-refractivity contribution is 0.0238. The van der Waals surface area contributed by atoms with E-state index in [1.807, 2.05) is 36.1 Å². The molecule has 2 fully saturated rings. The molecule has 25 heavy (non-hydrogen) atoms. The van der Waals surface area contributed by atoms with Crippen LogP contribution in [0, 0.1) is 6.92 Å². The molecule has 0 aliphatic carbocycles. The molecule has 0 radical (unpaired) electrons. The molecule has 1 aromatic rings. The Morgan fingerprint density at radius 1 is 1.16 bits per heavy atom. The summed E-state index contributed by atoms with van der Waals surface area (Å²) in [6, 6.07) is 8.15. The maximum absolute atomic E-state index is 13.0. The van der Waals surface area contributed by atoms with E-state index in [4.69, 9.17) is 9.47 Å². The minimum atomic E-state index is -0.00513. The first kappa shape index (κ1) is 18.2. The van der Waals surface area contributed by atoms with Crippen molar-refractivity contribution in [3.05, 3.63) is 29.8 Å². The van der Waals surface area contributed by atoms with E-state index in [1.54, 1.807) is 0 Å². The second kappa shape index (κ2) is 9.17. The molecule has 138 valence electrons. The largest absolute Gasteiger partial charge is 0.381 e. The number of rotatable bonds is 5. The van der Waals surface area contributed by atoms with Crippen LogP contribution in [-0.2, 0) is 9.47 Å². The number of ether oxygens (including phenoxy) is 2. The van der Waals surface area contributed by atoms with E-state index < -0.39 is 0 Å². The van der Waals surface area contributed by atoms with Gasteiger partial charge in [0.2, 0.25) is 0 Å². The van der Waals surface area contributed by atoms with Crippen molar-refractivity contribution in [2.45, 2.75) is 25.8 Å². The minimum Gasteiger partial charge on any atom is -0.381 e. The third-order valence-corrected chi connectivity index (χ3v) is 5.04. The molecule has 3 rings (SSSR count). The molecule has 0 bridgehead atoms. The number of carbonyl (C=O) groups excluding carboxylic acids is 1. The Balaban J connectivity index is 1.64. The fourth-order valence-corrected chi connectivity index (χ4v) is 3.42. The van der Waals surface area contributed by atoms with Gasteiger partial charge in [0.1, 0.15) is 0 Å². The van der Waals surface area contributed by atoms with Gasteiger partial charge in [0.25, 0.3) is 0 Å². The lowest BCUT2D eigenvalue weighted by Gasteiger charge is -2.36. The molecule has 6 nitrogen and oxygen atoms in total. The van der Waals surface area contributed by atoms with Crippen LogP contribution in [0.25, 0.3) is 0 Å². The number of amides is 2. The Bertz CT molecular complexity index is 555. The van der Waals surface area contributed by atoms with Gasteiger partial charge in [0.05, 0.1) is 13.2 Å². The summed E-state index contributed by atoms with van der Waals surface area (Å²) in [5.41, 5.74) is 1.96. The third kappa shape index (κ3) is 5.17. The second-order valence-electron chi connectivity index (χ2n) is 6.74. The normalized spacial score (nSPS) is 19.6. The van der Waals surface area contributed by atoms with Crippen LogP contribution in [-0.4, -0.2) is 74.5 Å². The fourth-order valence-electron chi connectivity index (χ4n) is 3.42. The van der Waals surface area contributed by atoms with Crippen molar-refractivity contribution in [3.8, 4) is 0 Å². The van der Waals surface area contributed by atoms with E-state index in [1.165, 1.54) is 0 Å². The van der Waals surface area contributed by atoms with E-state index in [-0.39, 0.29) is 12.1 Å². The lowest BCUT2D eigenvalue weighted by atomic mass is 10.1. The Hall–Kier alpha value is -1.63. The van der Waals surface area contributed by atoms with Crippen molar-refractivity contribution >= 4 is 11.7 Å². The van der Waals surface area contributed by atoms with Crippen LogP contribution >= 0.6 is 0 Å². The van der Waals surface area contributed by atoms with Gasteiger partial charge in [-0.2, -0.15) is 0 Å². The van der Waals surface area contributed by atoms with Gasteiger partial charge in [-0.1, -0.05) is 18.2 Å². The second-order valence-corrected chi connectivity index (χ2v) is 6.74. The Labute approximate surface area is 150 Å². The van der Waals surface area contributed by atoms with Gasteiger partial charge < -0.3 is 19.7 Å². The smallest absolute Gasteiger partial charge is 0.322 e. The van der Waals surface area contributed by atoms with Crippen molar-refractivity contribution in [3.63, 3.8) is 0 Å². The minimum absolute atomic E-state index is 0.00513. The number of nitrogens with zero attached hydrogens (tertiary/aromatic N) is 2. The van der Waals surface area contributed by atoms with Gasteiger partial charge in [-0.15, -0.1) is 0 Å². The number of carbonyl (C=O) groups is 1. The first-order valence-electron chi connectivity index (χ1n) is 9.25. The molecule has 2 amide bonds. The van der Waals surface area contributed by atoms with Crippen LogP contribution in [0.1, 0.15) is 18.4 Å². The van der Waals surface area contributed by atoms with Crippen LogP contribution in [0.5, 0.6) is 0 Å². The first-order chi connectivity index (χ1) is 12.2. The van der Waals surface area contributed by atoms with Gasteiger partial charge in [0.15, 0.2) is 0 Å². The van der Waals surface area contributed by atoms with Crippen LogP contribution in [0.4, 0.5) is 10.5 Å². The Kier molecular flexibility index (Phi) is 6.67. The number of benzene rings is 1. The van der Waals surface area contributed by atoms with Gasteiger partial charge in [0, 0.05) is 51.1 Å². The van der Waals surface area contributed by atoms with Gasteiger partial charge in [-0.3, -0.25) is 4.90 Å². The Morgan fingerprint density at radius 3 is 2.56 bits per heavy atom. The molecule has 2 saturated heterocycles. The van der Waals surface area contributed by atoms with E-state index >= 15 is 0 Å². The van der Waals surface area contributed by atoms with Crippen molar-refractivity contribution in [2.75, 3.05) is 57.9 Å². The fraction of sp³-hybridized carbons (Fsp3) is 0.632. The summed E-state index contributed by atoms with van der Waals surface area (Å²) in [5.74, 6) is 0. The number of para-hydroxylation sites is 1. The number of morpholine rings is 1. The monoisotopic (exact) mass is 347 g/mol. The van der Waals surface area contributed by atoms with E-state index in [0.29, 0.717) is 0 Å². The van der Waals surface area contributed by atoms with E-state index in [0.717, 1.165) is 76.7 Å². The SMILES string of the molecule is Cc1ccccc1NC(=O)N(CCN1CCOCC1)C1CCOCC1. The number of anilines is 1. The molecular weight excluding hydrogens is 318 g/mol. The zero-order valence-corrected chi connectivity index (χ0v) is 15.1. The molecule has 2 heterocycles. The summed E-state index contributed by atoms with van der Waals surface area (Å²) < 4.78 is 10.9. The molecule has 0 aromatic heterocycles. The quantitative estimate of drug-likeness (QED) is 0.888. The molecule has 0 spiro atoms. The van der Waals surface area contributed by atoms with Crippen LogP contribution < -0.4 is 5.32 Å². The van der Waals surface area contributed by atoms with Crippen molar-refractivity contribution in [2.24, 2.45) is 0 Å². The highest BCUT2D eigenvalue weighted by atomic mass is 16.5. The highest BCUT2D eigenvalue weighted by Gasteiger charge is 2.26. The van der Waals surface area contributed by atoms with Crippen LogP contribution in [0.3, 0.4) is 0 Å². The van der Waals surface area contributed by atoms with Crippen molar-refractivity contribution in [1.29, 1.82) is 0 Å². The summed E-state index contributed by atoms with van der Waals surface area (Å²) >= 11 is 0. The average Bonchev–Trinajstić information content (AvgIpc) is 2.65. The van der Waals surface area contributed by atoms with E-state index in [9.17, 15) is 4.79 Å². The number of hydrogen-bond acceptors (Lipinski definition) is 4. The zero-order valence-electron chi connectivity index (χ0n) is 15.1. The summed E-state index contributed by atoms with van der Waals surface area (Å²) in [6.07, 6.45) is 1.81. The summed E-state index contributed by atoms with van der Waals surface area (Å²) in [4.78, 5) is 17.3. The molecule has 1 N–H and O–H groups in total. The predicted octanol–water partition coefficient (Wildman–Crippen LogP) is 2.34. The summed E-state index contributed by atoms with van der Waals surface area (Å²) in [6.45, 7) is 8.57. The Morgan fingerprint density at radius 2 is 1.84 bits per heavy atom. The standard InChI is InChI=1S/C19H29N3O3/c1-16-4-2-3-5-18(16)20-19(23)22(17-6-12-24-13-7-17)9-8-21-10-14-25-15-11-21/h2-5,17H,6-15H2,1H3,(H,20,23). The molecule has 1 aromatic carbocycles. The highest BCUT2D eigenvalue weighted by molar-refractivity contribution is 5.90. The van der Waals surface area contributed by atoms with Crippen LogP contribution in [0.2, 0.25) is 0 Å². The topological polar surface area (TPSA) is 54.0 Å². The molecule has 0 unspecified atom stereocenters. The lowest BCUT2D eigenvalue weighted by Crippen LogP contribution is -2.49. The maximum atomic E-state index is 13.0. The molecule has 2 aliphatic heterocycles. The number of aryl methyl sites for hydroxylation is 1. The number of urea groups is 1. The zero-order chi connectivity index (χ0) is 17.5. The average molecular weight is 347 g/mol. The molecule has 0 saturated carbocycles. The van der Waals surface area contributed by atoms with Crippen LogP contribution in [0.15, 0.2) is 24.3 Å². The highest BCUT2D eigenvalue weighted by Crippen LogP contribution is 2.18. The van der Waals surface area contributed by atoms with Gasteiger partial charge >= 0.3 is 6.03 Å². The van der Waals surface area contributed by atoms with E-state index in [2.05, 4.69) is 10.2 Å². The van der Waals surface area contributed by atoms with Crippen molar-refractivity contribution < 1.29 is 14.3 Å². The van der Waals surface area contributed by atoms with Crippen molar-refractivity contribution in [1.82, 2.24) is 9.80 Å². The molecule has 0 atom stereocenters. The number of hydrogen-bond donors (Lipinski definition) is 1. The molecule has 6 heteroatoms. The third-order valence-electron chi connectivity index (χ3n) is 5.04. The molecule has 2 aliphatic rings. The van der Waals surface area contributed by atoms with Gasteiger partial charge in [-0.05, 0) is 31.4 Å². The predicted molar refractivity (Wildman–Crippen MR) is 98.0 cm³/mol. The first-order valence-corrected chi connectivity index (χ1v) is 9.25.